The molecule has 2 amide bonds. The SMILES string of the molecule is CC(C)C(=O)NCCNC(=O)C1CCC(N)C(C)C1(C)C. The van der Waals surface area contributed by atoms with Crippen LogP contribution < -0.4 is 16.4 Å². The molecule has 1 saturated carbocycles. The van der Waals surface area contributed by atoms with Crippen molar-refractivity contribution >= 4 is 11.8 Å². The summed E-state index contributed by atoms with van der Waals surface area (Å²) in [5.74, 6) is 0.385. The molecule has 1 fully saturated rings. The predicted octanol–water partition coefficient (Wildman–Crippen LogP) is 1.27. The van der Waals surface area contributed by atoms with Gasteiger partial charge in [0, 0.05) is 31.0 Å². The van der Waals surface area contributed by atoms with Crippen LogP contribution in [0.2, 0.25) is 0 Å². The molecule has 1 rings (SSSR count). The minimum Gasteiger partial charge on any atom is -0.354 e. The number of nitrogens with one attached hydrogen (secondary N) is 2. The van der Waals surface area contributed by atoms with Crippen LogP contribution in [0.3, 0.4) is 0 Å². The molecule has 0 aromatic heterocycles. The molecule has 0 aromatic rings. The summed E-state index contributed by atoms with van der Waals surface area (Å²) in [6.07, 6.45) is 1.73. The molecule has 0 spiro atoms. The molecule has 0 radical (unpaired) electrons. The van der Waals surface area contributed by atoms with Gasteiger partial charge in [-0.2, -0.15) is 0 Å². The summed E-state index contributed by atoms with van der Waals surface area (Å²) in [4.78, 5) is 23.8. The lowest BCUT2D eigenvalue weighted by molar-refractivity contribution is -0.132. The van der Waals surface area contributed by atoms with Crippen LogP contribution in [-0.4, -0.2) is 30.9 Å². The zero-order valence-corrected chi connectivity index (χ0v) is 14.0. The highest BCUT2D eigenvalue weighted by molar-refractivity contribution is 5.80. The summed E-state index contributed by atoms with van der Waals surface area (Å²) in [7, 11) is 0. The molecule has 1 aliphatic carbocycles. The first-order valence-electron chi connectivity index (χ1n) is 7.99. The Morgan fingerprint density at radius 3 is 2.33 bits per heavy atom. The highest BCUT2D eigenvalue weighted by Crippen LogP contribution is 2.44. The molecule has 0 bridgehead atoms. The molecular weight excluding hydrogens is 266 g/mol. The number of hydrogen-bond donors (Lipinski definition) is 3. The summed E-state index contributed by atoms with van der Waals surface area (Å²) < 4.78 is 0. The van der Waals surface area contributed by atoms with E-state index in [4.69, 9.17) is 5.73 Å². The summed E-state index contributed by atoms with van der Waals surface area (Å²) >= 11 is 0. The number of carbonyl (C=O) groups excluding carboxylic acids is 2. The van der Waals surface area contributed by atoms with E-state index in [0.717, 1.165) is 12.8 Å². The van der Waals surface area contributed by atoms with Crippen molar-refractivity contribution in [2.75, 3.05) is 13.1 Å². The fourth-order valence-corrected chi connectivity index (χ4v) is 3.02. The lowest BCUT2D eigenvalue weighted by Gasteiger charge is -2.46. The predicted molar refractivity (Wildman–Crippen MR) is 84.5 cm³/mol. The molecule has 0 aliphatic heterocycles. The average molecular weight is 297 g/mol. The summed E-state index contributed by atoms with van der Waals surface area (Å²) in [5.41, 5.74) is 6.03. The van der Waals surface area contributed by atoms with Gasteiger partial charge in [-0.05, 0) is 24.2 Å². The van der Waals surface area contributed by atoms with Crippen molar-refractivity contribution in [2.45, 2.75) is 53.5 Å². The van der Waals surface area contributed by atoms with E-state index < -0.39 is 0 Å². The van der Waals surface area contributed by atoms with Crippen LogP contribution in [0.5, 0.6) is 0 Å². The van der Waals surface area contributed by atoms with Gasteiger partial charge in [-0.1, -0.05) is 34.6 Å². The fraction of sp³-hybridized carbons (Fsp3) is 0.875. The number of nitrogens with two attached hydrogens (primary N) is 1. The van der Waals surface area contributed by atoms with Gasteiger partial charge in [0.2, 0.25) is 11.8 Å². The fourth-order valence-electron chi connectivity index (χ4n) is 3.02. The van der Waals surface area contributed by atoms with Crippen molar-refractivity contribution in [1.29, 1.82) is 0 Å². The van der Waals surface area contributed by atoms with Crippen LogP contribution in [0.4, 0.5) is 0 Å². The minimum absolute atomic E-state index is 0.00639. The first kappa shape index (κ1) is 18.0. The Labute approximate surface area is 128 Å². The third-order valence-electron chi connectivity index (χ3n) is 5.07. The molecule has 5 nitrogen and oxygen atoms in total. The van der Waals surface area contributed by atoms with Crippen molar-refractivity contribution in [3.8, 4) is 0 Å². The molecule has 3 atom stereocenters. The average Bonchev–Trinajstić information content (AvgIpc) is 2.40. The second-order valence-electron chi connectivity index (χ2n) is 7.14. The van der Waals surface area contributed by atoms with Crippen molar-refractivity contribution in [3.63, 3.8) is 0 Å². The van der Waals surface area contributed by atoms with E-state index in [1.165, 1.54) is 0 Å². The maximum absolute atomic E-state index is 12.4. The van der Waals surface area contributed by atoms with Crippen LogP contribution in [-0.2, 0) is 9.59 Å². The molecule has 21 heavy (non-hydrogen) atoms. The van der Waals surface area contributed by atoms with Crippen molar-refractivity contribution in [1.82, 2.24) is 10.6 Å². The van der Waals surface area contributed by atoms with E-state index in [2.05, 4.69) is 31.4 Å². The lowest BCUT2D eigenvalue weighted by Crippen LogP contribution is -2.52. The topological polar surface area (TPSA) is 84.2 Å². The monoisotopic (exact) mass is 297 g/mol. The molecule has 0 heterocycles. The van der Waals surface area contributed by atoms with Gasteiger partial charge in [0.15, 0.2) is 0 Å². The van der Waals surface area contributed by atoms with Crippen molar-refractivity contribution < 1.29 is 9.59 Å². The van der Waals surface area contributed by atoms with E-state index in [-0.39, 0.29) is 35.1 Å². The van der Waals surface area contributed by atoms with Gasteiger partial charge in [-0.25, -0.2) is 0 Å². The summed E-state index contributed by atoms with van der Waals surface area (Å²) in [6.45, 7) is 11.0. The van der Waals surface area contributed by atoms with Gasteiger partial charge in [0.25, 0.3) is 0 Å². The molecule has 0 aromatic carbocycles. The first-order chi connectivity index (χ1) is 9.67. The molecule has 4 N–H and O–H groups in total. The zero-order valence-electron chi connectivity index (χ0n) is 14.0. The molecule has 0 saturated heterocycles. The number of rotatable bonds is 5. The Kier molecular flexibility index (Phi) is 6.20. The van der Waals surface area contributed by atoms with Gasteiger partial charge in [0.1, 0.15) is 0 Å². The third kappa shape index (κ3) is 4.43. The Balaban J connectivity index is 2.43. The van der Waals surface area contributed by atoms with Crippen LogP contribution in [0.1, 0.15) is 47.5 Å². The van der Waals surface area contributed by atoms with E-state index in [0.29, 0.717) is 19.0 Å². The standard InChI is InChI=1S/C16H31N3O2/c1-10(2)14(20)18-8-9-19-15(21)12-6-7-13(17)11(3)16(12,4)5/h10-13H,6-9,17H2,1-5H3,(H,18,20)(H,19,21). The van der Waals surface area contributed by atoms with E-state index in [9.17, 15) is 9.59 Å². The summed E-state index contributed by atoms with van der Waals surface area (Å²) in [5, 5.41) is 5.75. The largest absolute Gasteiger partial charge is 0.354 e. The van der Waals surface area contributed by atoms with Crippen molar-refractivity contribution in [3.05, 3.63) is 0 Å². The Morgan fingerprint density at radius 1 is 1.19 bits per heavy atom. The van der Waals surface area contributed by atoms with Gasteiger partial charge in [-0.3, -0.25) is 9.59 Å². The number of carbonyl (C=O) groups is 2. The van der Waals surface area contributed by atoms with Crippen LogP contribution in [0, 0.1) is 23.2 Å². The van der Waals surface area contributed by atoms with Gasteiger partial charge >= 0.3 is 0 Å². The van der Waals surface area contributed by atoms with Crippen molar-refractivity contribution in [2.24, 2.45) is 28.9 Å². The highest BCUT2D eigenvalue weighted by Gasteiger charge is 2.44. The van der Waals surface area contributed by atoms with E-state index >= 15 is 0 Å². The third-order valence-corrected chi connectivity index (χ3v) is 5.07. The van der Waals surface area contributed by atoms with Gasteiger partial charge < -0.3 is 16.4 Å². The van der Waals surface area contributed by atoms with Crippen LogP contribution >= 0.6 is 0 Å². The number of hydrogen-bond acceptors (Lipinski definition) is 3. The smallest absolute Gasteiger partial charge is 0.223 e. The van der Waals surface area contributed by atoms with Gasteiger partial charge in [0.05, 0.1) is 0 Å². The van der Waals surface area contributed by atoms with Gasteiger partial charge in [-0.15, -0.1) is 0 Å². The van der Waals surface area contributed by atoms with Crippen LogP contribution in [0.25, 0.3) is 0 Å². The molecular formula is C16H31N3O2. The zero-order chi connectivity index (χ0) is 16.2. The highest BCUT2D eigenvalue weighted by atomic mass is 16.2. The maximum Gasteiger partial charge on any atom is 0.223 e. The normalized spacial score (nSPS) is 28.2. The first-order valence-corrected chi connectivity index (χ1v) is 7.99. The number of amides is 2. The van der Waals surface area contributed by atoms with E-state index in [1.54, 1.807) is 0 Å². The molecule has 122 valence electrons. The second kappa shape index (κ2) is 7.25. The summed E-state index contributed by atoms with van der Waals surface area (Å²) in [6, 6.07) is 0.175. The van der Waals surface area contributed by atoms with Crippen LogP contribution in [0.15, 0.2) is 0 Å². The minimum atomic E-state index is -0.0943. The van der Waals surface area contributed by atoms with E-state index in [1.807, 2.05) is 13.8 Å². The quantitative estimate of drug-likeness (QED) is 0.668. The Hall–Kier alpha value is -1.10. The Morgan fingerprint density at radius 2 is 1.76 bits per heavy atom. The second-order valence-corrected chi connectivity index (χ2v) is 7.14. The molecule has 3 unspecified atom stereocenters. The molecule has 1 aliphatic rings. The Bertz CT molecular complexity index is 380. The lowest BCUT2D eigenvalue weighted by atomic mass is 9.61. The maximum atomic E-state index is 12.4. The molecule has 5 heteroatoms.